The van der Waals surface area contributed by atoms with Crippen LogP contribution in [0.5, 0.6) is 5.75 Å². The number of hydrogen-bond donors (Lipinski definition) is 1. The summed E-state index contributed by atoms with van der Waals surface area (Å²) in [6.07, 6.45) is 3.40. The van der Waals surface area contributed by atoms with Gasteiger partial charge in [0.05, 0.1) is 12.9 Å². The summed E-state index contributed by atoms with van der Waals surface area (Å²) in [5, 5.41) is 3.81. The van der Waals surface area contributed by atoms with Gasteiger partial charge in [-0.15, -0.1) is 0 Å². The monoisotopic (exact) mass is 441 g/mol. The maximum atomic E-state index is 12.1. The molecule has 0 aliphatic carbocycles. The highest BCUT2D eigenvalue weighted by Gasteiger charge is 2.19. The molecule has 1 N–H and O–H groups in total. The topological polar surface area (TPSA) is 51.5 Å². The molecule has 3 aromatic rings. The maximum Gasteiger partial charge on any atom is 0.244 e. The summed E-state index contributed by atoms with van der Waals surface area (Å²) < 4.78 is 12.9. The van der Waals surface area contributed by atoms with Gasteiger partial charge in [-0.25, -0.2) is 0 Å². The second kappa shape index (κ2) is 8.65. The summed E-state index contributed by atoms with van der Waals surface area (Å²) in [7, 11) is 0. The molecule has 2 aromatic carbocycles. The molecule has 0 radical (unpaired) electrons. The van der Waals surface area contributed by atoms with Crippen molar-refractivity contribution in [3.63, 3.8) is 0 Å². The lowest BCUT2D eigenvalue weighted by Crippen LogP contribution is -2.20. The van der Waals surface area contributed by atoms with Crippen molar-refractivity contribution in [1.82, 2.24) is 5.32 Å². The molecule has 0 atom stereocenters. The Morgan fingerprint density at radius 1 is 1.25 bits per heavy atom. The molecular formula is C23H24BrNO3. The van der Waals surface area contributed by atoms with Gasteiger partial charge in [0.15, 0.2) is 0 Å². The van der Waals surface area contributed by atoms with E-state index in [4.69, 9.17) is 9.15 Å². The molecule has 4 nitrogen and oxygen atoms in total. The van der Waals surface area contributed by atoms with Gasteiger partial charge in [-0.05, 0) is 57.0 Å². The summed E-state index contributed by atoms with van der Waals surface area (Å²) in [6.45, 7) is 8.90. The summed E-state index contributed by atoms with van der Waals surface area (Å²) >= 11 is 3.48. The molecule has 0 fully saturated rings. The predicted molar refractivity (Wildman–Crippen MR) is 118 cm³/mol. The zero-order chi connectivity index (χ0) is 20.3. The highest BCUT2D eigenvalue weighted by Crippen LogP contribution is 2.40. The van der Waals surface area contributed by atoms with Crippen molar-refractivity contribution in [3.05, 3.63) is 58.3 Å². The summed E-state index contributed by atoms with van der Waals surface area (Å²) in [6, 6.07) is 10.2. The average molecular weight is 442 g/mol. The van der Waals surface area contributed by atoms with E-state index in [-0.39, 0.29) is 5.91 Å². The van der Waals surface area contributed by atoms with Gasteiger partial charge in [0.2, 0.25) is 5.91 Å². The molecule has 0 bridgehead atoms. The molecule has 1 aromatic heterocycles. The number of benzene rings is 2. The predicted octanol–water partition coefficient (Wildman–Crippen LogP) is 6.11. The van der Waals surface area contributed by atoms with Crippen molar-refractivity contribution in [1.29, 1.82) is 0 Å². The van der Waals surface area contributed by atoms with Crippen LogP contribution < -0.4 is 10.1 Å². The molecule has 0 spiro atoms. The minimum atomic E-state index is -0.111. The second-order valence-corrected chi connectivity index (χ2v) is 7.48. The molecule has 1 amide bonds. The number of likely N-dealkylation sites (N-methyl/N-ethyl adjacent to an activating group) is 1. The minimum absolute atomic E-state index is 0.111. The number of amides is 1. The van der Waals surface area contributed by atoms with Crippen LogP contribution in [-0.4, -0.2) is 19.1 Å². The lowest BCUT2D eigenvalue weighted by molar-refractivity contribution is -0.116. The fourth-order valence-electron chi connectivity index (χ4n) is 3.29. The zero-order valence-electron chi connectivity index (χ0n) is 16.6. The number of hydrogen-bond acceptors (Lipinski definition) is 3. The van der Waals surface area contributed by atoms with Crippen molar-refractivity contribution in [3.8, 4) is 16.9 Å². The number of halogens is 1. The number of furan rings is 1. The van der Waals surface area contributed by atoms with Crippen molar-refractivity contribution in [2.75, 3.05) is 13.2 Å². The van der Waals surface area contributed by atoms with E-state index in [1.54, 1.807) is 12.3 Å². The summed E-state index contributed by atoms with van der Waals surface area (Å²) in [5.74, 6) is 0.644. The van der Waals surface area contributed by atoms with Gasteiger partial charge < -0.3 is 14.5 Å². The molecule has 5 heteroatoms. The van der Waals surface area contributed by atoms with Crippen LogP contribution in [0.3, 0.4) is 0 Å². The van der Waals surface area contributed by atoms with Crippen LogP contribution in [0.15, 0.2) is 51.6 Å². The third-order valence-corrected chi connectivity index (χ3v) is 5.14. The molecule has 0 saturated heterocycles. The maximum absolute atomic E-state index is 12.1. The van der Waals surface area contributed by atoms with Gasteiger partial charge in [-0.2, -0.15) is 0 Å². The van der Waals surface area contributed by atoms with E-state index in [1.807, 2.05) is 39.8 Å². The van der Waals surface area contributed by atoms with Crippen molar-refractivity contribution in [2.24, 2.45) is 0 Å². The average Bonchev–Trinajstić information content (AvgIpc) is 3.09. The number of rotatable bonds is 6. The van der Waals surface area contributed by atoms with E-state index in [2.05, 4.69) is 39.4 Å². The molecule has 0 unspecified atom stereocenters. The van der Waals surface area contributed by atoms with Gasteiger partial charge in [0.1, 0.15) is 11.3 Å². The highest BCUT2D eigenvalue weighted by atomic mass is 79.9. The first-order valence-electron chi connectivity index (χ1n) is 9.36. The van der Waals surface area contributed by atoms with Crippen LogP contribution >= 0.6 is 15.9 Å². The quantitative estimate of drug-likeness (QED) is 0.469. The summed E-state index contributed by atoms with van der Waals surface area (Å²) in [4.78, 5) is 12.1. The molecule has 0 aliphatic rings. The molecule has 1 heterocycles. The van der Waals surface area contributed by atoms with Crippen LogP contribution in [0.4, 0.5) is 0 Å². The number of allylic oxidation sites excluding steroid dienone is 1. The lowest BCUT2D eigenvalue weighted by atomic mass is 9.96. The van der Waals surface area contributed by atoms with Gasteiger partial charge in [0, 0.05) is 39.2 Å². The minimum Gasteiger partial charge on any atom is -0.493 e. The number of carbonyl (C=O) groups excluding carboxylic acids is 1. The van der Waals surface area contributed by atoms with Crippen LogP contribution in [-0.2, 0) is 4.79 Å². The third-order valence-electron chi connectivity index (χ3n) is 4.61. The second-order valence-electron chi connectivity index (χ2n) is 6.57. The molecule has 28 heavy (non-hydrogen) atoms. The van der Waals surface area contributed by atoms with E-state index in [0.717, 1.165) is 49.0 Å². The first-order chi connectivity index (χ1) is 13.5. The van der Waals surface area contributed by atoms with Gasteiger partial charge in [0.25, 0.3) is 0 Å². The Morgan fingerprint density at radius 3 is 2.61 bits per heavy atom. The standard InChI is InChI=1S/C23H24BrNO3/c1-5-25-21(26)11-14(3)18-12-19-20(16-7-9-17(24)10-8-16)13-28-23(19)15(4)22(18)27-6-2/h7-13H,5-6H2,1-4H3,(H,25,26)/b14-11+. The number of aryl methyl sites for hydroxylation is 1. The number of carbonyl (C=O) groups is 1. The lowest BCUT2D eigenvalue weighted by Gasteiger charge is -2.15. The fraction of sp³-hybridized carbons (Fsp3) is 0.261. The SMILES string of the molecule is CCNC(=O)/C=C(\C)c1cc2c(-c3ccc(Br)cc3)coc2c(C)c1OCC. The molecule has 146 valence electrons. The normalized spacial score (nSPS) is 11.7. The first-order valence-corrected chi connectivity index (χ1v) is 10.2. The molecule has 0 aliphatic heterocycles. The van der Waals surface area contributed by atoms with E-state index in [9.17, 15) is 4.79 Å². The van der Waals surface area contributed by atoms with Crippen LogP contribution in [0.25, 0.3) is 27.7 Å². The van der Waals surface area contributed by atoms with Crippen LogP contribution in [0.2, 0.25) is 0 Å². The van der Waals surface area contributed by atoms with Crippen molar-refractivity contribution < 1.29 is 13.9 Å². The Labute approximate surface area is 173 Å². The van der Waals surface area contributed by atoms with Gasteiger partial charge in [-0.3, -0.25) is 4.79 Å². The highest BCUT2D eigenvalue weighted by molar-refractivity contribution is 9.10. The van der Waals surface area contributed by atoms with E-state index in [1.165, 1.54) is 0 Å². The van der Waals surface area contributed by atoms with E-state index in [0.29, 0.717) is 13.2 Å². The molecule has 3 rings (SSSR count). The number of nitrogens with one attached hydrogen (secondary N) is 1. The van der Waals surface area contributed by atoms with Crippen molar-refractivity contribution in [2.45, 2.75) is 27.7 Å². The summed E-state index contributed by atoms with van der Waals surface area (Å²) in [5.41, 5.74) is 5.57. The Bertz CT molecular complexity index is 1030. The molecule has 0 saturated carbocycles. The molecular weight excluding hydrogens is 418 g/mol. The largest absolute Gasteiger partial charge is 0.493 e. The number of ether oxygens (including phenoxy) is 1. The van der Waals surface area contributed by atoms with E-state index < -0.39 is 0 Å². The smallest absolute Gasteiger partial charge is 0.244 e. The fourth-order valence-corrected chi connectivity index (χ4v) is 3.56. The Kier molecular flexibility index (Phi) is 6.25. The Morgan fingerprint density at radius 2 is 1.96 bits per heavy atom. The van der Waals surface area contributed by atoms with Crippen LogP contribution in [0.1, 0.15) is 31.9 Å². The van der Waals surface area contributed by atoms with Crippen molar-refractivity contribution >= 4 is 38.4 Å². The zero-order valence-corrected chi connectivity index (χ0v) is 18.1. The van der Waals surface area contributed by atoms with E-state index >= 15 is 0 Å². The Balaban J connectivity index is 2.21. The van der Waals surface area contributed by atoms with Gasteiger partial charge >= 0.3 is 0 Å². The Hall–Kier alpha value is -2.53. The van der Waals surface area contributed by atoms with Crippen LogP contribution in [0, 0.1) is 6.92 Å². The number of fused-ring (bicyclic) bond motifs is 1. The van der Waals surface area contributed by atoms with Gasteiger partial charge in [-0.1, -0.05) is 28.1 Å². The first kappa shape index (κ1) is 20.2. The third kappa shape index (κ3) is 3.99.